The zero-order valence-electron chi connectivity index (χ0n) is 22.6. The number of aliphatic imine (C=N–C) groups is 1. The van der Waals surface area contributed by atoms with Crippen LogP contribution in [0.15, 0.2) is 65.7 Å². The Kier molecular flexibility index (Phi) is 11.9. The first-order valence-electron chi connectivity index (χ1n) is 13.5. The lowest BCUT2D eigenvalue weighted by Crippen LogP contribution is -2.49. The molecule has 0 spiro atoms. The molecule has 2 aromatic rings. The molecule has 2 unspecified atom stereocenters. The maximum atomic E-state index is 13.8. The molecule has 5 N–H and O–H groups in total. The van der Waals surface area contributed by atoms with Gasteiger partial charge in [0.05, 0.1) is 12.6 Å². The van der Waals surface area contributed by atoms with Crippen molar-refractivity contribution in [2.24, 2.45) is 10.7 Å². The number of hydrogen-bond donors (Lipinski definition) is 4. The maximum Gasteiger partial charge on any atom is 0.407 e. The molecule has 38 heavy (non-hydrogen) atoms. The van der Waals surface area contributed by atoms with Crippen LogP contribution in [0.1, 0.15) is 49.7 Å². The molecule has 0 aromatic heterocycles. The van der Waals surface area contributed by atoms with Gasteiger partial charge in [0, 0.05) is 45.2 Å². The third kappa shape index (κ3) is 9.06. The van der Waals surface area contributed by atoms with Crippen LogP contribution in [0.5, 0.6) is 0 Å². The highest BCUT2D eigenvalue weighted by Crippen LogP contribution is 2.27. The number of nitrogens with one attached hydrogen (secondary N) is 3. The number of amides is 2. The molecule has 2 aromatic carbocycles. The van der Waals surface area contributed by atoms with E-state index in [1.807, 2.05) is 48.2 Å². The lowest BCUT2D eigenvalue weighted by Gasteiger charge is -2.29. The summed E-state index contributed by atoms with van der Waals surface area (Å²) in [6, 6.07) is 20.2. The molecule has 0 aliphatic carbocycles. The zero-order valence-corrected chi connectivity index (χ0v) is 22.6. The molecule has 1 saturated heterocycles. The third-order valence-electron chi connectivity index (χ3n) is 6.75. The zero-order chi connectivity index (χ0) is 27.2. The highest BCUT2D eigenvalue weighted by molar-refractivity contribution is 5.82. The largest absolute Gasteiger partial charge is 0.450 e. The standard InChI is InChI=1S/C29H42N6O3/c1-3-19-38-29(37)33-20-24-16-18-35(27(36)26(34-24)15-10-17-32-28(30)31-2)21-25(22-11-6-4-7-12-22)23-13-8-5-9-14-23/h4-9,11-14,24-26,34H,3,10,15-21H2,1-2H3,(H,33,37)(H3,30,31,32). The fraction of sp³-hybridized carbons (Fsp3) is 0.483. The Bertz CT molecular complexity index is 978. The molecule has 206 valence electrons. The van der Waals surface area contributed by atoms with Crippen molar-refractivity contribution in [3.63, 3.8) is 0 Å². The number of carbonyl (C=O) groups is 2. The van der Waals surface area contributed by atoms with Gasteiger partial charge in [-0.05, 0) is 36.8 Å². The van der Waals surface area contributed by atoms with Gasteiger partial charge in [-0.15, -0.1) is 0 Å². The fourth-order valence-corrected chi connectivity index (χ4v) is 4.68. The highest BCUT2D eigenvalue weighted by Gasteiger charge is 2.32. The van der Waals surface area contributed by atoms with E-state index in [-0.39, 0.29) is 23.9 Å². The van der Waals surface area contributed by atoms with Crippen LogP contribution in [0.2, 0.25) is 0 Å². The normalized spacial score (nSPS) is 18.2. The molecule has 0 saturated carbocycles. The second-order valence-electron chi connectivity index (χ2n) is 9.56. The summed E-state index contributed by atoms with van der Waals surface area (Å²) in [6.45, 7) is 4.54. The Morgan fingerprint density at radius 1 is 1.13 bits per heavy atom. The lowest BCUT2D eigenvalue weighted by molar-refractivity contribution is -0.133. The maximum absolute atomic E-state index is 13.8. The molecule has 1 fully saturated rings. The van der Waals surface area contributed by atoms with Crippen LogP contribution in [0, 0.1) is 0 Å². The molecule has 3 rings (SSSR count). The van der Waals surface area contributed by atoms with Crippen LogP contribution in [0.3, 0.4) is 0 Å². The van der Waals surface area contributed by atoms with Crippen LogP contribution in [0.25, 0.3) is 0 Å². The van der Waals surface area contributed by atoms with Crippen molar-refractivity contribution in [3.05, 3.63) is 71.8 Å². The molecule has 1 heterocycles. The molecule has 9 heteroatoms. The number of rotatable bonds is 12. The minimum atomic E-state index is -0.427. The monoisotopic (exact) mass is 522 g/mol. The Balaban J connectivity index is 1.75. The van der Waals surface area contributed by atoms with E-state index in [1.54, 1.807) is 7.05 Å². The second kappa shape index (κ2) is 15.6. The number of guanidine groups is 1. The highest BCUT2D eigenvalue weighted by atomic mass is 16.5. The van der Waals surface area contributed by atoms with Crippen molar-refractivity contribution in [1.29, 1.82) is 0 Å². The van der Waals surface area contributed by atoms with E-state index in [9.17, 15) is 9.59 Å². The minimum Gasteiger partial charge on any atom is -0.450 e. The van der Waals surface area contributed by atoms with Gasteiger partial charge in [0.1, 0.15) is 0 Å². The number of nitrogens with two attached hydrogens (primary N) is 1. The van der Waals surface area contributed by atoms with Gasteiger partial charge in [-0.2, -0.15) is 0 Å². The smallest absolute Gasteiger partial charge is 0.407 e. The van der Waals surface area contributed by atoms with Gasteiger partial charge in [-0.25, -0.2) is 4.79 Å². The van der Waals surface area contributed by atoms with Crippen molar-refractivity contribution < 1.29 is 14.3 Å². The molecule has 1 aliphatic heterocycles. The third-order valence-corrected chi connectivity index (χ3v) is 6.75. The molecular weight excluding hydrogens is 480 g/mol. The second-order valence-corrected chi connectivity index (χ2v) is 9.56. The van der Waals surface area contributed by atoms with Gasteiger partial charge < -0.3 is 31.3 Å². The van der Waals surface area contributed by atoms with Gasteiger partial charge in [0.15, 0.2) is 5.96 Å². The fourth-order valence-electron chi connectivity index (χ4n) is 4.68. The van der Waals surface area contributed by atoms with E-state index in [4.69, 9.17) is 10.5 Å². The molecule has 0 bridgehead atoms. The number of hydrogen-bond acceptors (Lipinski definition) is 5. The van der Waals surface area contributed by atoms with Crippen molar-refractivity contribution in [3.8, 4) is 0 Å². The summed E-state index contributed by atoms with van der Waals surface area (Å²) in [5.74, 6) is 0.519. The summed E-state index contributed by atoms with van der Waals surface area (Å²) in [5.41, 5.74) is 8.11. The number of benzene rings is 2. The quantitative estimate of drug-likeness (QED) is 0.193. The average molecular weight is 523 g/mol. The molecule has 2 atom stereocenters. The van der Waals surface area contributed by atoms with E-state index in [0.717, 1.165) is 19.3 Å². The van der Waals surface area contributed by atoms with Gasteiger partial charge >= 0.3 is 6.09 Å². The van der Waals surface area contributed by atoms with Crippen LogP contribution in [0.4, 0.5) is 4.79 Å². The van der Waals surface area contributed by atoms with E-state index in [1.165, 1.54) is 11.1 Å². The van der Waals surface area contributed by atoms with E-state index >= 15 is 0 Å². The molecule has 2 amide bonds. The van der Waals surface area contributed by atoms with Crippen molar-refractivity contribution in [1.82, 2.24) is 20.9 Å². The number of ether oxygens (including phenoxy) is 1. The predicted molar refractivity (Wildman–Crippen MR) is 151 cm³/mol. The lowest BCUT2D eigenvalue weighted by atomic mass is 9.90. The Morgan fingerprint density at radius 2 is 1.79 bits per heavy atom. The summed E-state index contributed by atoms with van der Waals surface area (Å²) < 4.78 is 5.16. The number of nitrogens with zero attached hydrogens (tertiary/aromatic N) is 2. The Labute approximate surface area is 226 Å². The van der Waals surface area contributed by atoms with Crippen LogP contribution in [-0.2, 0) is 9.53 Å². The van der Waals surface area contributed by atoms with Crippen molar-refractivity contribution in [2.75, 3.05) is 39.8 Å². The summed E-state index contributed by atoms with van der Waals surface area (Å²) in [4.78, 5) is 31.8. The van der Waals surface area contributed by atoms with Crippen molar-refractivity contribution in [2.45, 2.75) is 50.6 Å². The molecular formula is C29H42N6O3. The van der Waals surface area contributed by atoms with Gasteiger partial charge in [0.25, 0.3) is 0 Å². The van der Waals surface area contributed by atoms with E-state index in [0.29, 0.717) is 45.2 Å². The van der Waals surface area contributed by atoms with Crippen molar-refractivity contribution >= 4 is 18.0 Å². The molecule has 9 nitrogen and oxygen atoms in total. The van der Waals surface area contributed by atoms with E-state index < -0.39 is 6.09 Å². The Hall–Kier alpha value is -3.59. The predicted octanol–water partition coefficient (Wildman–Crippen LogP) is 2.83. The summed E-state index contributed by atoms with van der Waals surface area (Å²) in [6.07, 6.45) is 2.45. The van der Waals surface area contributed by atoms with Crippen LogP contribution in [-0.4, -0.2) is 74.8 Å². The first-order chi connectivity index (χ1) is 18.5. The summed E-state index contributed by atoms with van der Waals surface area (Å²) in [5, 5.41) is 9.42. The minimum absolute atomic E-state index is 0.0507. The van der Waals surface area contributed by atoms with Gasteiger partial charge in [-0.3, -0.25) is 9.79 Å². The van der Waals surface area contributed by atoms with E-state index in [2.05, 4.69) is 45.2 Å². The average Bonchev–Trinajstić information content (AvgIpc) is 3.10. The first kappa shape index (κ1) is 29.0. The Morgan fingerprint density at radius 3 is 2.39 bits per heavy atom. The van der Waals surface area contributed by atoms with Crippen LogP contribution < -0.4 is 21.7 Å². The van der Waals surface area contributed by atoms with Crippen LogP contribution >= 0.6 is 0 Å². The SMILES string of the molecule is CCCOC(=O)NCC1CCN(CC(c2ccccc2)c2ccccc2)C(=O)C(CCCNC(N)=NC)N1. The van der Waals surface area contributed by atoms with Gasteiger partial charge in [0.2, 0.25) is 5.91 Å². The number of carbonyl (C=O) groups excluding carboxylic acids is 2. The summed E-state index contributed by atoms with van der Waals surface area (Å²) >= 11 is 0. The number of alkyl carbamates (subject to hydrolysis) is 1. The molecule has 0 radical (unpaired) electrons. The first-order valence-corrected chi connectivity index (χ1v) is 13.5. The van der Waals surface area contributed by atoms with Gasteiger partial charge in [-0.1, -0.05) is 67.6 Å². The summed E-state index contributed by atoms with van der Waals surface area (Å²) in [7, 11) is 1.63. The topological polar surface area (TPSA) is 121 Å². The molecule has 1 aliphatic rings.